The van der Waals surface area contributed by atoms with Gasteiger partial charge in [-0.2, -0.15) is 0 Å². The van der Waals surface area contributed by atoms with Crippen LogP contribution in [-0.2, 0) is 0 Å². The van der Waals surface area contributed by atoms with Crippen molar-refractivity contribution in [1.82, 2.24) is 0 Å². The van der Waals surface area contributed by atoms with Gasteiger partial charge in [-0.3, -0.25) is 0 Å². The van der Waals surface area contributed by atoms with E-state index in [1.165, 1.54) is 12.0 Å². The van der Waals surface area contributed by atoms with Crippen LogP contribution in [-0.4, -0.2) is 0 Å². The van der Waals surface area contributed by atoms with Crippen molar-refractivity contribution < 1.29 is 0 Å². The Kier molecular flexibility index (Phi) is 2.22. The molecule has 2 aliphatic rings. The summed E-state index contributed by atoms with van der Waals surface area (Å²) in [6, 6.07) is 0. The van der Waals surface area contributed by atoms with E-state index in [0.717, 1.165) is 0 Å². The second-order valence-corrected chi connectivity index (χ2v) is 4.53. The molecule has 3 unspecified atom stereocenters. The highest BCUT2D eigenvalue weighted by atomic mass is 14.5. The van der Waals surface area contributed by atoms with Gasteiger partial charge in [0.15, 0.2) is 0 Å². The quantitative estimate of drug-likeness (QED) is 0.453. The molecule has 1 saturated carbocycles. The molecule has 0 heteroatoms. The molecule has 1 fully saturated rings. The average Bonchev–Trinajstić information content (AvgIpc) is 2.72. The Morgan fingerprint density at radius 1 is 1.43 bits per heavy atom. The maximum atomic E-state index is 4.24. The van der Waals surface area contributed by atoms with Crippen molar-refractivity contribution in [2.45, 2.75) is 20.3 Å². The van der Waals surface area contributed by atoms with Crippen LogP contribution < -0.4 is 0 Å². The minimum Gasteiger partial charge on any atom is -0.0984 e. The monoisotopic (exact) mass is 186 g/mol. The molecule has 0 nitrogen and oxygen atoms in total. The summed E-state index contributed by atoms with van der Waals surface area (Å²) in [6.07, 6.45) is 14.6. The molecule has 0 radical (unpaired) electrons. The maximum absolute atomic E-state index is 4.24. The summed E-state index contributed by atoms with van der Waals surface area (Å²) in [5.74, 6) is 1.32. The van der Waals surface area contributed by atoms with Crippen molar-refractivity contribution in [3.05, 3.63) is 48.6 Å². The topological polar surface area (TPSA) is 0 Å². The first kappa shape index (κ1) is 9.51. The number of fused-ring (bicyclic) bond motifs is 2. The SMILES string of the molecule is C=C1C2C=CC(C2)C1(C)C=CC=CC. The Morgan fingerprint density at radius 3 is 2.79 bits per heavy atom. The van der Waals surface area contributed by atoms with Crippen molar-refractivity contribution in [3.63, 3.8) is 0 Å². The van der Waals surface area contributed by atoms with Gasteiger partial charge < -0.3 is 0 Å². The molecule has 2 aliphatic carbocycles. The molecule has 0 N–H and O–H groups in total. The summed E-state index contributed by atoms with van der Waals surface area (Å²) in [7, 11) is 0. The molecule has 0 aromatic heterocycles. The van der Waals surface area contributed by atoms with Gasteiger partial charge in [-0.15, -0.1) is 0 Å². The maximum Gasteiger partial charge on any atom is 0.0132 e. The van der Waals surface area contributed by atoms with Gasteiger partial charge in [-0.05, 0) is 25.2 Å². The largest absolute Gasteiger partial charge is 0.0984 e. The molecule has 0 saturated heterocycles. The van der Waals surface area contributed by atoms with E-state index in [9.17, 15) is 0 Å². The molecule has 0 aliphatic heterocycles. The molecular weight excluding hydrogens is 168 g/mol. The fraction of sp³-hybridized carbons (Fsp3) is 0.429. The molecule has 14 heavy (non-hydrogen) atoms. The zero-order valence-electron chi connectivity index (χ0n) is 9.03. The van der Waals surface area contributed by atoms with Crippen molar-refractivity contribution >= 4 is 0 Å². The van der Waals surface area contributed by atoms with Crippen molar-refractivity contribution in [3.8, 4) is 0 Å². The minimum atomic E-state index is 0.207. The number of rotatable bonds is 2. The summed E-state index contributed by atoms with van der Waals surface area (Å²) in [6.45, 7) is 8.60. The van der Waals surface area contributed by atoms with Gasteiger partial charge in [0.25, 0.3) is 0 Å². The Hall–Kier alpha value is -1.04. The van der Waals surface area contributed by atoms with Crippen LogP contribution >= 0.6 is 0 Å². The highest BCUT2D eigenvalue weighted by Gasteiger charge is 2.46. The first-order valence-electron chi connectivity index (χ1n) is 5.36. The Bertz CT molecular complexity index is 330. The van der Waals surface area contributed by atoms with E-state index in [2.05, 4.69) is 50.0 Å². The molecule has 0 spiro atoms. The molecule has 74 valence electrons. The van der Waals surface area contributed by atoms with E-state index in [-0.39, 0.29) is 5.41 Å². The van der Waals surface area contributed by atoms with Crippen molar-refractivity contribution in [2.24, 2.45) is 17.3 Å². The van der Waals surface area contributed by atoms with Crippen LogP contribution in [0.3, 0.4) is 0 Å². The number of hydrogen-bond acceptors (Lipinski definition) is 0. The fourth-order valence-corrected chi connectivity index (χ4v) is 2.64. The van der Waals surface area contributed by atoms with E-state index >= 15 is 0 Å². The van der Waals surface area contributed by atoms with Crippen molar-refractivity contribution in [1.29, 1.82) is 0 Å². The van der Waals surface area contributed by atoms with E-state index in [0.29, 0.717) is 11.8 Å². The molecule has 0 aromatic carbocycles. The van der Waals surface area contributed by atoms with Crippen molar-refractivity contribution in [2.75, 3.05) is 0 Å². The minimum absolute atomic E-state index is 0.207. The van der Waals surface area contributed by atoms with Gasteiger partial charge in [0, 0.05) is 5.41 Å². The van der Waals surface area contributed by atoms with Gasteiger partial charge in [0.1, 0.15) is 0 Å². The molecular formula is C14H18. The second-order valence-electron chi connectivity index (χ2n) is 4.53. The van der Waals surface area contributed by atoms with Crippen LogP contribution in [0.25, 0.3) is 0 Å². The average molecular weight is 186 g/mol. The third-order valence-corrected chi connectivity index (χ3v) is 3.74. The lowest BCUT2D eigenvalue weighted by Gasteiger charge is -2.30. The predicted octanol–water partition coefficient (Wildman–Crippen LogP) is 3.89. The molecule has 0 heterocycles. The van der Waals surface area contributed by atoms with Crippen LogP contribution in [0.15, 0.2) is 48.6 Å². The number of hydrogen-bond donors (Lipinski definition) is 0. The van der Waals surface area contributed by atoms with Crippen LogP contribution in [0.4, 0.5) is 0 Å². The summed E-state index contributed by atoms with van der Waals surface area (Å²) in [5.41, 5.74) is 1.60. The zero-order valence-corrected chi connectivity index (χ0v) is 9.03. The third-order valence-electron chi connectivity index (χ3n) is 3.74. The van der Waals surface area contributed by atoms with Gasteiger partial charge in [-0.25, -0.2) is 0 Å². The molecule has 0 amide bonds. The fourth-order valence-electron chi connectivity index (χ4n) is 2.64. The Morgan fingerprint density at radius 2 is 2.21 bits per heavy atom. The smallest absolute Gasteiger partial charge is 0.0132 e. The summed E-state index contributed by atoms with van der Waals surface area (Å²) >= 11 is 0. The van der Waals surface area contributed by atoms with Gasteiger partial charge >= 0.3 is 0 Å². The molecule has 2 bridgehead atoms. The third kappa shape index (κ3) is 1.21. The Labute approximate surface area is 86.7 Å². The standard InChI is InChI=1S/C14H18/c1-4-5-6-9-14(3)11(2)12-7-8-13(14)10-12/h4-9,12-13H,2,10H2,1,3H3. The normalized spacial score (nSPS) is 40.9. The summed E-state index contributed by atoms with van der Waals surface area (Å²) in [4.78, 5) is 0. The molecule has 3 atom stereocenters. The first-order valence-corrected chi connectivity index (χ1v) is 5.36. The van der Waals surface area contributed by atoms with Crippen LogP contribution in [0.1, 0.15) is 20.3 Å². The Balaban J connectivity index is 2.24. The van der Waals surface area contributed by atoms with E-state index in [1.807, 2.05) is 6.92 Å². The van der Waals surface area contributed by atoms with Crippen LogP contribution in [0.5, 0.6) is 0 Å². The van der Waals surface area contributed by atoms with Gasteiger partial charge in [-0.1, -0.05) is 55.5 Å². The van der Waals surface area contributed by atoms with Gasteiger partial charge in [0.2, 0.25) is 0 Å². The lowest BCUT2D eigenvalue weighted by Crippen LogP contribution is -2.20. The second kappa shape index (κ2) is 3.27. The lowest BCUT2D eigenvalue weighted by molar-refractivity contribution is 0.425. The number of allylic oxidation sites excluding steroid dienone is 7. The highest BCUT2D eigenvalue weighted by molar-refractivity contribution is 5.38. The molecule has 2 rings (SSSR count). The molecule has 0 aromatic rings. The van der Waals surface area contributed by atoms with E-state index < -0.39 is 0 Å². The van der Waals surface area contributed by atoms with E-state index in [1.54, 1.807) is 0 Å². The van der Waals surface area contributed by atoms with E-state index in [4.69, 9.17) is 0 Å². The first-order chi connectivity index (χ1) is 6.68. The van der Waals surface area contributed by atoms with Gasteiger partial charge in [0.05, 0.1) is 0 Å². The summed E-state index contributed by atoms with van der Waals surface area (Å²) < 4.78 is 0. The lowest BCUT2D eigenvalue weighted by atomic mass is 9.74. The predicted molar refractivity (Wildman–Crippen MR) is 61.9 cm³/mol. The van der Waals surface area contributed by atoms with Crippen LogP contribution in [0, 0.1) is 17.3 Å². The highest BCUT2D eigenvalue weighted by Crippen LogP contribution is 2.55. The van der Waals surface area contributed by atoms with Crippen LogP contribution in [0.2, 0.25) is 0 Å². The summed E-state index contributed by atoms with van der Waals surface area (Å²) in [5, 5.41) is 0. The zero-order chi connectivity index (χ0) is 10.2.